The van der Waals surface area contributed by atoms with Crippen molar-refractivity contribution in [3.05, 3.63) is 58.1 Å². The summed E-state index contributed by atoms with van der Waals surface area (Å²) in [5.41, 5.74) is 7.25. The molecular weight excluding hydrogens is 310 g/mol. The molecule has 0 saturated heterocycles. The maximum absolute atomic E-state index is 5.81. The molecule has 1 aliphatic heterocycles. The molecule has 1 heterocycles. The van der Waals surface area contributed by atoms with Gasteiger partial charge in [0, 0.05) is 24.6 Å². The fourth-order valence-electron chi connectivity index (χ4n) is 4.69. The first-order valence-electron chi connectivity index (χ1n) is 9.33. The van der Waals surface area contributed by atoms with Crippen molar-refractivity contribution in [3.8, 4) is 11.5 Å². The van der Waals surface area contributed by atoms with Crippen molar-refractivity contribution in [3.63, 3.8) is 0 Å². The first kappa shape index (κ1) is 16.5. The third kappa shape index (κ3) is 2.71. The summed E-state index contributed by atoms with van der Waals surface area (Å²) in [7, 11) is 3.51. The van der Waals surface area contributed by atoms with Crippen LogP contribution in [-0.4, -0.2) is 32.2 Å². The highest BCUT2D eigenvalue weighted by Crippen LogP contribution is 2.47. The van der Waals surface area contributed by atoms with Gasteiger partial charge in [-0.3, -0.25) is 4.90 Å². The lowest BCUT2D eigenvalue weighted by molar-refractivity contribution is 0.233. The minimum Gasteiger partial charge on any atom is -0.493 e. The van der Waals surface area contributed by atoms with Gasteiger partial charge in [0.05, 0.1) is 14.2 Å². The molecule has 0 bridgehead atoms. The van der Waals surface area contributed by atoms with E-state index in [1.165, 1.54) is 34.2 Å². The monoisotopic (exact) mass is 337 g/mol. The Kier molecular flexibility index (Phi) is 4.43. The van der Waals surface area contributed by atoms with E-state index in [9.17, 15) is 0 Å². The molecule has 0 radical (unpaired) electrons. The normalized spacial score (nSPS) is 18.9. The number of nitrogens with zero attached hydrogens (tertiary/aromatic N) is 1. The topological polar surface area (TPSA) is 21.7 Å². The molecule has 132 valence electrons. The molecular formula is C22H27NO2. The van der Waals surface area contributed by atoms with Crippen molar-refractivity contribution in [2.75, 3.05) is 27.3 Å². The molecule has 3 nitrogen and oxygen atoms in total. The molecule has 2 aliphatic rings. The molecule has 4 rings (SSSR count). The van der Waals surface area contributed by atoms with Gasteiger partial charge in [-0.1, -0.05) is 31.2 Å². The lowest BCUT2D eigenvalue weighted by atomic mass is 9.81. The number of fused-ring (bicyclic) bond motifs is 2. The highest BCUT2D eigenvalue weighted by atomic mass is 16.5. The van der Waals surface area contributed by atoms with Crippen molar-refractivity contribution in [2.45, 2.75) is 38.6 Å². The van der Waals surface area contributed by atoms with Crippen LogP contribution < -0.4 is 9.47 Å². The Bertz CT molecular complexity index is 784. The van der Waals surface area contributed by atoms with Gasteiger partial charge in [0.25, 0.3) is 0 Å². The molecule has 0 amide bonds. The van der Waals surface area contributed by atoms with Crippen LogP contribution in [0.3, 0.4) is 0 Å². The summed E-state index contributed by atoms with van der Waals surface area (Å²) in [5.74, 6) is 2.23. The van der Waals surface area contributed by atoms with Gasteiger partial charge in [-0.2, -0.15) is 0 Å². The standard InChI is InChI=1S/C22H27NO2/c1-4-11-23-13-18-17-8-6-5-7-15(17)9-10-16-12-20(24-2)22(25-3)19(14-23)21(16)18/h5-8,12,18H,4,9-11,13-14H2,1-3H3. The Morgan fingerprint density at radius 1 is 1.08 bits per heavy atom. The number of hydrogen-bond acceptors (Lipinski definition) is 3. The summed E-state index contributed by atoms with van der Waals surface area (Å²) < 4.78 is 11.5. The molecule has 25 heavy (non-hydrogen) atoms. The van der Waals surface area contributed by atoms with Gasteiger partial charge >= 0.3 is 0 Å². The van der Waals surface area contributed by atoms with Crippen molar-refractivity contribution < 1.29 is 9.47 Å². The minimum atomic E-state index is 0.434. The van der Waals surface area contributed by atoms with E-state index < -0.39 is 0 Å². The van der Waals surface area contributed by atoms with Crippen LogP contribution in [0.15, 0.2) is 30.3 Å². The van der Waals surface area contributed by atoms with Crippen LogP contribution in [0.2, 0.25) is 0 Å². The zero-order valence-electron chi connectivity index (χ0n) is 15.5. The number of benzene rings is 2. The van der Waals surface area contributed by atoms with E-state index in [1.54, 1.807) is 14.2 Å². The summed E-state index contributed by atoms with van der Waals surface area (Å²) in [4.78, 5) is 2.57. The van der Waals surface area contributed by atoms with Crippen LogP contribution in [0.4, 0.5) is 0 Å². The highest BCUT2D eigenvalue weighted by molar-refractivity contribution is 5.60. The Morgan fingerprint density at radius 2 is 1.88 bits per heavy atom. The third-order valence-electron chi connectivity index (χ3n) is 5.70. The van der Waals surface area contributed by atoms with E-state index in [0.29, 0.717) is 5.92 Å². The minimum absolute atomic E-state index is 0.434. The second-order valence-corrected chi connectivity index (χ2v) is 7.15. The van der Waals surface area contributed by atoms with E-state index >= 15 is 0 Å². The van der Waals surface area contributed by atoms with E-state index in [1.807, 2.05) is 0 Å². The van der Waals surface area contributed by atoms with Crippen molar-refractivity contribution in [2.24, 2.45) is 0 Å². The van der Waals surface area contributed by atoms with E-state index in [2.05, 4.69) is 42.2 Å². The first-order chi connectivity index (χ1) is 12.3. The average Bonchev–Trinajstić information content (AvgIpc) is 2.80. The summed E-state index contributed by atoms with van der Waals surface area (Å²) in [6.07, 6.45) is 3.34. The SMILES string of the molecule is CCCN1Cc2c(OC)c(OC)cc3c2C(C1)c1ccccc1CC3. The molecule has 0 spiro atoms. The number of methoxy groups -OCH3 is 2. The Balaban J connectivity index is 1.95. The lowest BCUT2D eigenvalue weighted by Crippen LogP contribution is -2.35. The summed E-state index contributed by atoms with van der Waals surface area (Å²) in [6, 6.07) is 11.2. The molecule has 0 saturated carbocycles. The molecule has 1 aliphatic carbocycles. The quantitative estimate of drug-likeness (QED) is 0.836. The van der Waals surface area contributed by atoms with Gasteiger partial charge in [0.1, 0.15) is 0 Å². The fourth-order valence-corrected chi connectivity index (χ4v) is 4.69. The Labute approximate surface area is 150 Å². The van der Waals surface area contributed by atoms with Gasteiger partial charge in [-0.05, 0) is 54.1 Å². The van der Waals surface area contributed by atoms with Gasteiger partial charge < -0.3 is 9.47 Å². The average molecular weight is 337 g/mol. The Hall–Kier alpha value is -2.00. The molecule has 2 aromatic carbocycles. The zero-order valence-corrected chi connectivity index (χ0v) is 15.5. The van der Waals surface area contributed by atoms with Gasteiger partial charge in [0.15, 0.2) is 11.5 Å². The predicted molar refractivity (Wildman–Crippen MR) is 101 cm³/mol. The highest BCUT2D eigenvalue weighted by Gasteiger charge is 2.34. The molecule has 0 fully saturated rings. The van der Waals surface area contributed by atoms with E-state index in [0.717, 1.165) is 44.0 Å². The third-order valence-corrected chi connectivity index (χ3v) is 5.70. The second-order valence-electron chi connectivity index (χ2n) is 7.15. The number of ether oxygens (including phenoxy) is 2. The first-order valence-corrected chi connectivity index (χ1v) is 9.33. The van der Waals surface area contributed by atoms with Crippen molar-refractivity contribution in [1.82, 2.24) is 4.90 Å². The lowest BCUT2D eigenvalue weighted by Gasteiger charge is -2.37. The van der Waals surface area contributed by atoms with Crippen molar-refractivity contribution in [1.29, 1.82) is 0 Å². The van der Waals surface area contributed by atoms with Crippen LogP contribution in [0, 0.1) is 0 Å². The maximum Gasteiger partial charge on any atom is 0.165 e. The fraction of sp³-hybridized carbons (Fsp3) is 0.455. The van der Waals surface area contributed by atoms with Crippen molar-refractivity contribution >= 4 is 0 Å². The van der Waals surface area contributed by atoms with Gasteiger partial charge in [-0.25, -0.2) is 0 Å². The zero-order chi connectivity index (χ0) is 17.4. The summed E-state index contributed by atoms with van der Waals surface area (Å²) in [5, 5.41) is 0. The van der Waals surface area contributed by atoms with Crippen LogP contribution in [0.5, 0.6) is 11.5 Å². The van der Waals surface area contributed by atoms with E-state index in [4.69, 9.17) is 9.47 Å². The molecule has 0 aromatic heterocycles. The number of aryl methyl sites for hydroxylation is 2. The molecule has 2 aromatic rings. The molecule has 1 unspecified atom stereocenters. The summed E-state index contributed by atoms with van der Waals surface area (Å²) >= 11 is 0. The largest absolute Gasteiger partial charge is 0.493 e. The molecule has 3 heteroatoms. The van der Waals surface area contributed by atoms with Gasteiger partial charge in [0.2, 0.25) is 0 Å². The number of rotatable bonds is 4. The Morgan fingerprint density at radius 3 is 2.64 bits per heavy atom. The maximum atomic E-state index is 5.81. The van der Waals surface area contributed by atoms with E-state index in [-0.39, 0.29) is 0 Å². The predicted octanol–water partition coefficient (Wildman–Crippen LogP) is 4.16. The second kappa shape index (κ2) is 6.72. The molecule has 1 atom stereocenters. The van der Waals surface area contributed by atoms with Crippen LogP contribution >= 0.6 is 0 Å². The summed E-state index contributed by atoms with van der Waals surface area (Å²) in [6.45, 7) is 5.42. The molecule has 0 N–H and O–H groups in total. The van der Waals surface area contributed by atoms with Crippen LogP contribution in [0.1, 0.15) is 47.1 Å². The van der Waals surface area contributed by atoms with Crippen LogP contribution in [0.25, 0.3) is 0 Å². The van der Waals surface area contributed by atoms with Crippen LogP contribution in [-0.2, 0) is 19.4 Å². The smallest absolute Gasteiger partial charge is 0.165 e. The van der Waals surface area contributed by atoms with Gasteiger partial charge in [-0.15, -0.1) is 0 Å². The number of hydrogen-bond donors (Lipinski definition) is 0.